The van der Waals surface area contributed by atoms with Gasteiger partial charge in [-0.05, 0) is 30.7 Å². The number of hydrogen-bond donors (Lipinski definition) is 2. The molecule has 0 radical (unpaired) electrons. The van der Waals surface area contributed by atoms with E-state index < -0.39 is 21.8 Å². The fourth-order valence-corrected chi connectivity index (χ4v) is 3.50. The average molecular weight is 373 g/mol. The molecule has 0 saturated heterocycles. The first-order chi connectivity index (χ1) is 10.7. The van der Waals surface area contributed by atoms with Gasteiger partial charge in [0, 0.05) is 0 Å². The summed E-state index contributed by atoms with van der Waals surface area (Å²) in [6.07, 6.45) is 0.897. The van der Waals surface area contributed by atoms with Crippen molar-refractivity contribution in [3.8, 4) is 0 Å². The molecular formula is C14H13ClN2O4S2. The van der Waals surface area contributed by atoms with E-state index in [9.17, 15) is 18.0 Å². The number of amides is 2. The maximum atomic E-state index is 12.2. The van der Waals surface area contributed by atoms with Gasteiger partial charge in [0.2, 0.25) is 10.0 Å². The molecule has 2 rings (SSSR count). The highest BCUT2D eigenvalue weighted by Crippen LogP contribution is 2.27. The standard InChI is InChI=1S/C14H13ClN2O4S2/c1-8-7-11(22-12(8)14(19)17-23(2,20)21)16-13(18)9-5-3-4-6-10(9)15/h3-7H,1-2H3,(H,16,18)(H,17,19). The van der Waals surface area contributed by atoms with Gasteiger partial charge >= 0.3 is 0 Å². The van der Waals surface area contributed by atoms with Gasteiger partial charge in [-0.25, -0.2) is 13.1 Å². The van der Waals surface area contributed by atoms with E-state index in [4.69, 9.17) is 11.6 Å². The summed E-state index contributed by atoms with van der Waals surface area (Å²) < 4.78 is 24.1. The van der Waals surface area contributed by atoms with Crippen LogP contribution in [-0.4, -0.2) is 26.5 Å². The minimum atomic E-state index is -3.65. The summed E-state index contributed by atoms with van der Waals surface area (Å²) in [7, 11) is -3.65. The smallest absolute Gasteiger partial charge is 0.275 e. The van der Waals surface area contributed by atoms with Gasteiger partial charge in [-0.15, -0.1) is 11.3 Å². The summed E-state index contributed by atoms with van der Waals surface area (Å²) in [6.45, 7) is 1.65. The molecule has 0 fully saturated rings. The monoisotopic (exact) mass is 372 g/mol. The number of carbonyl (C=O) groups is 2. The lowest BCUT2D eigenvalue weighted by atomic mass is 10.2. The van der Waals surface area contributed by atoms with Gasteiger partial charge in [-0.1, -0.05) is 23.7 Å². The summed E-state index contributed by atoms with van der Waals surface area (Å²) in [4.78, 5) is 24.3. The van der Waals surface area contributed by atoms with Gasteiger partial charge in [-0.3, -0.25) is 9.59 Å². The molecule has 0 aliphatic heterocycles. The largest absolute Gasteiger partial charge is 0.313 e. The number of sulfonamides is 1. The molecule has 0 atom stereocenters. The number of halogens is 1. The molecule has 0 aliphatic carbocycles. The molecule has 2 amide bonds. The zero-order chi connectivity index (χ0) is 17.2. The number of carbonyl (C=O) groups excluding carboxylic acids is 2. The lowest BCUT2D eigenvalue weighted by Crippen LogP contribution is -2.29. The Labute approximate surface area is 142 Å². The van der Waals surface area contributed by atoms with Crippen molar-refractivity contribution in [2.45, 2.75) is 6.92 Å². The third-order valence-corrected chi connectivity index (χ3v) is 4.79. The third-order valence-electron chi connectivity index (χ3n) is 2.76. The Morgan fingerprint density at radius 1 is 1.17 bits per heavy atom. The maximum absolute atomic E-state index is 12.2. The van der Waals surface area contributed by atoms with E-state index in [-0.39, 0.29) is 4.88 Å². The topological polar surface area (TPSA) is 92.3 Å². The van der Waals surface area contributed by atoms with Crippen LogP contribution in [-0.2, 0) is 10.0 Å². The molecule has 9 heteroatoms. The van der Waals surface area contributed by atoms with Crippen LogP contribution in [0.1, 0.15) is 25.6 Å². The van der Waals surface area contributed by atoms with E-state index in [1.54, 1.807) is 37.3 Å². The van der Waals surface area contributed by atoms with Gasteiger partial charge < -0.3 is 5.32 Å². The van der Waals surface area contributed by atoms with Gasteiger partial charge in [0.25, 0.3) is 11.8 Å². The van der Waals surface area contributed by atoms with Crippen LogP contribution in [0.15, 0.2) is 30.3 Å². The number of thiophene rings is 1. The molecule has 1 aromatic heterocycles. The normalized spacial score (nSPS) is 11.1. The zero-order valence-corrected chi connectivity index (χ0v) is 14.6. The number of anilines is 1. The van der Waals surface area contributed by atoms with Crippen LogP contribution >= 0.6 is 22.9 Å². The van der Waals surface area contributed by atoms with Crippen LogP contribution in [0.4, 0.5) is 5.00 Å². The van der Waals surface area contributed by atoms with Gasteiger partial charge in [-0.2, -0.15) is 0 Å². The molecule has 122 valence electrons. The molecule has 2 N–H and O–H groups in total. The van der Waals surface area contributed by atoms with Crippen LogP contribution < -0.4 is 10.0 Å². The van der Waals surface area contributed by atoms with Crippen LogP contribution in [0.25, 0.3) is 0 Å². The summed E-state index contributed by atoms with van der Waals surface area (Å²) in [6, 6.07) is 8.17. The first-order valence-corrected chi connectivity index (χ1v) is 9.44. The van der Waals surface area contributed by atoms with Crippen molar-refractivity contribution in [1.82, 2.24) is 4.72 Å². The van der Waals surface area contributed by atoms with Crippen LogP contribution in [0.2, 0.25) is 5.02 Å². The lowest BCUT2D eigenvalue weighted by Gasteiger charge is -2.04. The highest BCUT2D eigenvalue weighted by Gasteiger charge is 2.18. The van der Waals surface area contributed by atoms with Crippen molar-refractivity contribution in [1.29, 1.82) is 0 Å². The van der Waals surface area contributed by atoms with Crippen molar-refractivity contribution < 1.29 is 18.0 Å². The summed E-state index contributed by atoms with van der Waals surface area (Å²) in [5.74, 6) is -1.14. The number of aryl methyl sites for hydroxylation is 1. The highest BCUT2D eigenvalue weighted by atomic mass is 35.5. The minimum Gasteiger partial charge on any atom is -0.313 e. The minimum absolute atomic E-state index is 0.213. The quantitative estimate of drug-likeness (QED) is 0.862. The van der Waals surface area contributed by atoms with Crippen LogP contribution in [0.3, 0.4) is 0 Å². The summed E-state index contributed by atoms with van der Waals surface area (Å²) in [5.41, 5.74) is 0.868. The summed E-state index contributed by atoms with van der Waals surface area (Å²) in [5, 5.41) is 3.38. The Balaban J connectivity index is 2.20. The van der Waals surface area contributed by atoms with Gasteiger partial charge in [0.15, 0.2) is 0 Å². The Kier molecular flexibility index (Phi) is 5.08. The molecule has 23 heavy (non-hydrogen) atoms. The lowest BCUT2D eigenvalue weighted by molar-refractivity contribution is 0.0983. The van der Waals surface area contributed by atoms with E-state index in [1.165, 1.54) is 0 Å². The Morgan fingerprint density at radius 2 is 1.83 bits per heavy atom. The number of benzene rings is 1. The zero-order valence-electron chi connectivity index (χ0n) is 12.2. The fourth-order valence-electron chi connectivity index (χ4n) is 1.81. The first kappa shape index (κ1) is 17.5. The third kappa shape index (κ3) is 4.54. The molecule has 0 saturated carbocycles. The summed E-state index contributed by atoms with van der Waals surface area (Å²) >= 11 is 6.94. The molecule has 0 spiro atoms. The molecule has 6 nitrogen and oxygen atoms in total. The number of nitrogens with one attached hydrogen (secondary N) is 2. The predicted molar refractivity (Wildman–Crippen MR) is 90.8 cm³/mol. The van der Waals surface area contributed by atoms with Gasteiger partial charge in [0.1, 0.15) is 0 Å². The second-order valence-electron chi connectivity index (χ2n) is 4.76. The predicted octanol–water partition coefficient (Wildman–Crippen LogP) is 2.65. The highest BCUT2D eigenvalue weighted by molar-refractivity contribution is 7.89. The molecule has 0 unspecified atom stereocenters. The Hall–Kier alpha value is -1.90. The van der Waals surface area contributed by atoms with Crippen LogP contribution in [0.5, 0.6) is 0 Å². The molecule has 1 aromatic carbocycles. The molecule has 2 aromatic rings. The first-order valence-electron chi connectivity index (χ1n) is 6.36. The Bertz CT molecular complexity index is 875. The number of hydrogen-bond acceptors (Lipinski definition) is 5. The molecular weight excluding hydrogens is 360 g/mol. The molecule has 1 heterocycles. The van der Waals surface area contributed by atoms with Crippen LogP contribution in [0, 0.1) is 6.92 Å². The molecule has 0 aliphatic rings. The SMILES string of the molecule is Cc1cc(NC(=O)c2ccccc2Cl)sc1C(=O)NS(C)(=O)=O. The maximum Gasteiger partial charge on any atom is 0.275 e. The van der Waals surface area contributed by atoms with Crippen molar-refractivity contribution in [3.05, 3.63) is 51.4 Å². The van der Waals surface area contributed by atoms with Crippen molar-refractivity contribution in [2.75, 3.05) is 11.6 Å². The van der Waals surface area contributed by atoms with Gasteiger partial charge in [0.05, 0.1) is 26.7 Å². The average Bonchev–Trinajstić information content (AvgIpc) is 2.78. The van der Waals surface area contributed by atoms with Crippen molar-refractivity contribution >= 4 is 49.8 Å². The van der Waals surface area contributed by atoms with E-state index in [1.807, 2.05) is 4.72 Å². The van der Waals surface area contributed by atoms with Crippen molar-refractivity contribution in [3.63, 3.8) is 0 Å². The number of rotatable bonds is 4. The molecule has 0 bridgehead atoms. The van der Waals surface area contributed by atoms with E-state index in [0.717, 1.165) is 17.6 Å². The Morgan fingerprint density at radius 3 is 2.43 bits per heavy atom. The van der Waals surface area contributed by atoms with Crippen molar-refractivity contribution in [2.24, 2.45) is 0 Å². The van der Waals surface area contributed by atoms with E-state index in [0.29, 0.717) is 21.2 Å². The second-order valence-corrected chi connectivity index (χ2v) is 7.97. The second kappa shape index (κ2) is 6.69. The van der Waals surface area contributed by atoms with E-state index >= 15 is 0 Å². The fraction of sp³-hybridized carbons (Fsp3) is 0.143. The van der Waals surface area contributed by atoms with E-state index in [2.05, 4.69) is 5.32 Å².